The molecule has 4 aromatic rings. The third-order valence-corrected chi connectivity index (χ3v) is 8.12. The standard InChI is InChI=1S/C27H24FN3O2S/c28-20-15-17(16-31-14-4-7-22(31)26(32)33)8-9-19(20)24-29-21-10-11-23(30-25(21)34-24)27(12-13-27)18-5-2-1-3-6-18/h1-3,5-6,8-11,15,22H,4,7,12-14,16H2,(H,32,33)/t22-/m1/s1. The lowest BCUT2D eigenvalue weighted by atomic mass is 9.92. The van der Waals surface area contributed by atoms with Gasteiger partial charge in [-0.3, -0.25) is 9.69 Å². The molecule has 2 fully saturated rings. The molecule has 2 aromatic heterocycles. The molecule has 172 valence electrons. The molecule has 6 rings (SSSR count). The fraction of sp³-hybridized carbons (Fsp3) is 0.296. The van der Waals surface area contributed by atoms with E-state index in [1.165, 1.54) is 23.0 Å². The summed E-state index contributed by atoms with van der Waals surface area (Å²) >= 11 is 1.41. The summed E-state index contributed by atoms with van der Waals surface area (Å²) in [5, 5.41) is 10.00. The van der Waals surface area contributed by atoms with Crippen LogP contribution in [0.5, 0.6) is 0 Å². The van der Waals surface area contributed by atoms with Crippen LogP contribution in [0.15, 0.2) is 60.7 Å². The van der Waals surface area contributed by atoms with Crippen LogP contribution < -0.4 is 0 Å². The molecule has 3 heterocycles. The van der Waals surface area contributed by atoms with Crippen LogP contribution in [0.1, 0.15) is 42.5 Å². The second-order valence-corrected chi connectivity index (χ2v) is 10.2. The first-order chi connectivity index (χ1) is 16.5. The number of aromatic nitrogens is 2. The Balaban J connectivity index is 1.27. The number of pyridine rings is 1. The number of benzene rings is 2. The lowest BCUT2D eigenvalue weighted by Gasteiger charge is -2.21. The summed E-state index contributed by atoms with van der Waals surface area (Å²) in [6, 6.07) is 19.2. The fourth-order valence-electron chi connectivity index (χ4n) is 5.13. The van der Waals surface area contributed by atoms with Gasteiger partial charge < -0.3 is 5.11 Å². The van der Waals surface area contributed by atoms with E-state index in [2.05, 4.69) is 35.3 Å². The third-order valence-electron chi connectivity index (χ3n) is 7.12. The number of hydrogen-bond donors (Lipinski definition) is 1. The van der Waals surface area contributed by atoms with Crippen molar-refractivity contribution in [3.63, 3.8) is 0 Å². The van der Waals surface area contributed by atoms with Gasteiger partial charge in [-0.15, -0.1) is 0 Å². The lowest BCUT2D eigenvalue weighted by molar-refractivity contribution is -0.142. The molecule has 1 aliphatic heterocycles. The topological polar surface area (TPSA) is 66.3 Å². The second kappa shape index (κ2) is 8.25. The molecular weight excluding hydrogens is 449 g/mol. The number of likely N-dealkylation sites (tertiary alicyclic amines) is 1. The molecule has 2 aromatic carbocycles. The second-order valence-electron chi connectivity index (χ2n) is 9.27. The molecule has 1 atom stereocenters. The summed E-state index contributed by atoms with van der Waals surface area (Å²) < 4.78 is 15.1. The Morgan fingerprint density at radius 2 is 1.94 bits per heavy atom. The predicted molar refractivity (Wildman–Crippen MR) is 130 cm³/mol. The molecule has 0 amide bonds. The highest BCUT2D eigenvalue weighted by atomic mass is 32.1. The Morgan fingerprint density at radius 1 is 1.12 bits per heavy atom. The van der Waals surface area contributed by atoms with Crippen molar-refractivity contribution in [3.05, 3.63) is 83.3 Å². The minimum atomic E-state index is -0.809. The minimum Gasteiger partial charge on any atom is -0.480 e. The number of carboxylic acid groups (broad SMARTS) is 1. The van der Waals surface area contributed by atoms with Crippen LogP contribution in [-0.2, 0) is 16.8 Å². The summed E-state index contributed by atoms with van der Waals surface area (Å²) in [6.45, 7) is 1.15. The van der Waals surface area contributed by atoms with Crippen molar-refractivity contribution in [2.45, 2.75) is 43.7 Å². The van der Waals surface area contributed by atoms with Crippen LogP contribution in [0.3, 0.4) is 0 Å². The number of aliphatic carboxylic acids is 1. The predicted octanol–water partition coefficient (Wildman–Crippen LogP) is 5.63. The van der Waals surface area contributed by atoms with Gasteiger partial charge in [-0.1, -0.05) is 47.7 Å². The molecule has 34 heavy (non-hydrogen) atoms. The van der Waals surface area contributed by atoms with E-state index in [-0.39, 0.29) is 11.2 Å². The van der Waals surface area contributed by atoms with Gasteiger partial charge in [0.15, 0.2) is 0 Å². The number of carboxylic acids is 1. The smallest absolute Gasteiger partial charge is 0.320 e. The highest BCUT2D eigenvalue weighted by Crippen LogP contribution is 2.53. The molecule has 1 N–H and O–H groups in total. The maximum Gasteiger partial charge on any atom is 0.320 e. The Bertz CT molecular complexity index is 1380. The molecule has 1 aliphatic carbocycles. The molecule has 0 bridgehead atoms. The molecule has 0 unspecified atom stereocenters. The number of halogens is 1. The van der Waals surface area contributed by atoms with Crippen molar-refractivity contribution in [1.29, 1.82) is 0 Å². The quantitative estimate of drug-likeness (QED) is 0.393. The average Bonchev–Trinajstić information content (AvgIpc) is 3.33. The van der Waals surface area contributed by atoms with Gasteiger partial charge in [0.2, 0.25) is 0 Å². The van der Waals surface area contributed by atoms with Gasteiger partial charge >= 0.3 is 5.97 Å². The number of rotatable bonds is 6. The van der Waals surface area contributed by atoms with Gasteiger partial charge in [0.25, 0.3) is 0 Å². The van der Waals surface area contributed by atoms with Crippen LogP contribution in [0.2, 0.25) is 0 Å². The third kappa shape index (κ3) is 3.69. The van der Waals surface area contributed by atoms with Crippen LogP contribution >= 0.6 is 11.3 Å². The van der Waals surface area contributed by atoms with E-state index >= 15 is 4.39 Å². The van der Waals surface area contributed by atoms with Crippen LogP contribution in [0.25, 0.3) is 20.9 Å². The van der Waals surface area contributed by atoms with E-state index in [1.54, 1.807) is 6.07 Å². The minimum absolute atomic E-state index is 0.0180. The number of hydrogen-bond acceptors (Lipinski definition) is 5. The summed E-state index contributed by atoms with van der Waals surface area (Å²) in [5.41, 5.74) is 4.32. The molecule has 1 saturated heterocycles. The van der Waals surface area contributed by atoms with Gasteiger partial charge in [-0.2, -0.15) is 0 Å². The number of thiazole rings is 1. The SMILES string of the molecule is O=C(O)[C@H]1CCCN1Cc1ccc(-c2nc3ccc(C4(c5ccccc5)CC4)nc3s2)c(F)c1. The van der Waals surface area contributed by atoms with E-state index in [1.807, 2.05) is 23.1 Å². The van der Waals surface area contributed by atoms with Crippen molar-refractivity contribution < 1.29 is 14.3 Å². The zero-order chi connectivity index (χ0) is 23.3. The molecule has 5 nitrogen and oxygen atoms in total. The summed E-state index contributed by atoms with van der Waals surface area (Å²) in [5.74, 6) is -1.15. The first-order valence-corrected chi connectivity index (χ1v) is 12.4. The lowest BCUT2D eigenvalue weighted by Crippen LogP contribution is -2.35. The van der Waals surface area contributed by atoms with Crippen LogP contribution in [0, 0.1) is 5.82 Å². The number of carbonyl (C=O) groups is 1. The molecule has 7 heteroatoms. The highest BCUT2D eigenvalue weighted by molar-refractivity contribution is 7.21. The van der Waals surface area contributed by atoms with E-state index in [0.717, 1.165) is 47.4 Å². The summed E-state index contributed by atoms with van der Waals surface area (Å²) in [7, 11) is 0. The Hall–Kier alpha value is -3.16. The first-order valence-electron chi connectivity index (χ1n) is 11.6. The van der Waals surface area contributed by atoms with Crippen molar-refractivity contribution in [3.8, 4) is 10.6 Å². The number of nitrogens with zero attached hydrogens (tertiary/aromatic N) is 3. The van der Waals surface area contributed by atoms with Gasteiger partial charge in [0.1, 0.15) is 27.2 Å². The van der Waals surface area contributed by atoms with Crippen molar-refractivity contribution in [2.75, 3.05) is 6.54 Å². The monoisotopic (exact) mass is 473 g/mol. The van der Waals surface area contributed by atoms with Crippen molar-refractivity contribution in [1.82, 2.24) is 14.9 Å². The van der Waals surface area contributed by atoms with E-state index in [0.29, 0.717) is 23.5 Å². The maximum atomic E-state index is 15.1. The van der Waals surface area contributed by atoms with E-state index in [4.69, 9.17) is 4.98 Å². The van der Waals surface area contributed by atoms with Crippen molar-refractivity contribution in [2.24, 2.45) is 0 Å². The zero-order valence-corrected chi connectivity index (χ0v) is 19.4. The van der Waals surface area contributed by atoms with Gasteiger partial charge in [-0.25, -0.2) is 14.4 Å². The Labute approximate surface area is 200 Å². The van der Waals surface area contributed by atoms with Crippen molar-refractivity contribution >= 4 is 27.7 Å². The zero-order valence-electron chi connectivity index (χ0n) is 18.6. The largest absolute Gasteiger partial charge is 0.480 e. The molecule has 0 radical (unpaired) electrons. The maximum absolute atomic E-state index is 15.1. The normalized spacial score (nSPS) is 19.5. The fourth-order valence-corrected chi connectivity index (χ4v) is 6.10. The molecule has 1 saturated carbocycles. The Kier molecular flexibility index (Phi) is 5.19. The molecule has 2 aliphatic rings. The van der Waals surface area contributed by atoms with Crippen LogP contribution in [-0.4, -0.2) is 38.5 Å². The first kappa shape index (κ1) is 21.4. The summed E-state index contributed by atoms with van der Waals surface area (Å²) in [4.78, 5) is 23.8. The van der Waals surface area contributed by atoms with E-state index < -0.39 is 12.0 Å². The average molecular weight is 474 g/mol. The highest BCUT2D eigenvalue weighted by Gasteiger charge is 2.47. The van der Waals surface area contributed by atoms with Gasteiger partial charge in [-0.05, 0) is 67.6 Å². The van der Waals surface area contributed by atoms with Crippen LogP contribution in [0.4, 0.5) is 4.39 Å². The van der Waals surface area contributed by atoms with Gasteiger partial charge in [0.05, 0.1) is 5.69 Å². The number of fused-ring (bicyclic) bond motifs is 1. The van der Waals surface area contributed by atoms with E-state index in [9.17, 15) is 9.90 Å². The van der Waals surface area contributed by atoms with Gasteiger partial charge in [0, 0.05) is 17.5 Å². The summed E-state index contributed by atoms with van der Waals surface area (Å²) in [6.07, 6.45) is 3.65. The molecular formula is C27H24FN3O2S. The Morgan fingerprint density at radius 3 is 2.68 bits per heavy atom. The molecule has 0 spiro atoms.